The molecule has 1 aromatic carbocycles. The molecule has 21 heavy (non-hydrogen) atoms. The topological polar surface area (TPSA) is 93.6 Å². The van der Waals surface area contributed by atoms with Crippen molar-refractivity contribution in [1.29, 1.82) is 0 Å². The van der Waals surface area contributed by atoms with Crippen molar-refractivity contribution in [3.63, 3.8) is 0 Å². The van der Waals surface area contributed by atoms with E-state index in [0.29, 0.717) is 30.6 Å². The van der Waals surface area contributed by atoms with Crippen molar-refractivity contribution >= 4 is 11.0 Å². The number of benzene rings is 1. The van der Waals surface area contributed by atoms with Gasteiger partial charge in [0.2, 0.25) is 5.89 Å². The Hall–Kier alpha value is -2.21. The van der Waals surface area contributed by atoms with Gasteiger partial charge in [-0.15, -0.1) is 0 Å². The summed E-state index contributed by atoms with van der Waals surface area (Å²) in [5.74, 6) is 2.54. The number of imidazole rings is 1. The van der Waals surface area contributed by atoms with Gasteiger partial charge in [0.1, 0.15) is 5.82 Å². The fourth-order valence-electron chi connectivity index (χ4n) is 2.39. The van der Waals surface area contributed by atoms with Crippen LogP contribution in [0.4, 0.5) is 0 Å². The zero-order valence-corrected chi connectivity index (χ0v) is 12.2. The van der Waals surface area contributed by atoms with E-state index in [2.05, 4.69) is 34.0 Å². The number of aromatic amines is 1. The van der Waals surface area contributed by atoms with Crippen molar-refractivity contribution in [3.05, 3.63) is 41.8 Å². The quantitative estimate of drug-likeness (QED) is 0.749. The lowest BCUT2D eigenvalue weighted by Crippen LogP contribution is -2.18. The lowest BCUT2D eigenvalue weighted by molar-refractivity contribution is 0.322. The van der Waals surface area contributed by atoms with Gasteiger partial charge in [-0.25, -0.2) is 4.98 Å². The molecule has 1 atom stereocenters. The molecule has 0 amide bonds. The minimum Gasteiger partial charge on any atom is -0.342 e. The van der Waals surface area contributed by atoms with Crippen molar-refractivity contribution in [1.82, 2.24) is 20.1 Å². The van der Waals surface area contributed by atoms with E-state index >= 15 is 0 Å². The second-order valence-corrected chi connectivity index (χ2v) is 5.51. The molecule has 0 spiro atoms. The van der Waals surface area contributed by atoms with Crippen LogP contribution in [0.1, 0.15) is 37.3 Å². The summed E-state index contributed by atoms with van der Waals surface area (Å²) in [6.45, 7) is 4.70. The molecule has 1 unspecified atom stereocenters. The predicted molar refractivity (Wildman–Crippen MR) is 79.8 cm³/mol. The molecule has 0 aliphatic heterocycles. The molecule has 0 aliphatic rings. The molecule has 0 fully saturated rings. The average molecular weight is 285 g/mol. The Bertz CT molecular complexity index is 697. The first-order valence-corrected chi connectivity index (χ1v) is 7.13. The smallest absolute Gasteiger partial charge is 0.231 e. The Morgan fingerprint density at radius 1 is 1.24 bits per heavy atom. The molecule has 3 N–H and O–H groups in total. The van der Waals surface area contributed by atoms with E-state index in [9.17, 15) is 0 Å². The van der Waals surface area contributed by atoms with Gasteiger partial charge in [0, 0.05) is 6.54 Å². The van der Waals surface area contributed by atoms with Gasteiger partial charge >= 0.3 is 0 Å². The predicted octanol–water partition coefficient (Wildman–Crippen LogP) is 2.24. The second kappa shape index (κ2) is 5.65. The highest BCUT2D eigenvalue weighted by Gasteiger charge is 2.21. The summed E-state index contributed by atoms with van der Waals surface area (Å²) < 4.78 is 5.34. The first-order chi connectivity index (χ1) is 10.2. The fraction of sp³-hybridized carbons (Fsp3) is 0.400. The SMILES string of the molecule is CC(C)C(CN)c1nc(Cc2nc3ccccc3[nH]2)no1. The maximum Gasteiger partial charge on any atom is 0.231 e. The third kappa shape index (κ3) is 2.80. The average Bonchev–Trinajstić information content (AvgIpc) is 3.06. The summed E-state index contributed by atoms with van der Waals surface area (Å²) in [5.41, 5.74) is 7.73. The van der Waals surface area contributed by atoms with Crippen molar-refractivity contribution in [2.45, 2.75) is 26.2 Å². The molecule has 6 heteroatoms. The molecule has 0 saturated heterocycles. The van der Waals surface area contributed by atoms with Crippen LogP contribution in [-0.2, 0) is 6.42 Å². The zero-order valence-electron chi connectivity index (χ0n) is 12.2. The van der Waals surface area contributed by atoms with E-state index in [0.717, 1.165) is 16.9 Å². The molecular formula is C15H19N5O. The van der Waals surface area contributed by atoms with Crippen LogP contribution in [0.3, 0.4) is 0 Å². The Balaban J connectivity index is 1.80. The van der Waals surface area contributed by atoms with Crippen LogP contribution in [-0.4, -0.2) is 26.7 Å². The molecule has 110 valence electrons. The minimum absolute atomic E-state index is 0.0990. The van der Waals surface area contributed by atoms with Gasteiger partial charge in [-0.1, -0.05) is 31.1 Å². The molecule has 0 bridgehead atoms. The number of nitrogens with two attached hydrogens (primary N) is 1. The largest absolute Gasteiger partial charge is 0.342 e. The van der Waals surface area contributed by atoms with Gasteiger partial charge in [0.25, 0.3) is 0 Å². The summed E-state index contributed by atoms with van der Waals surface area (Å²) in [7, 11) is 0. The number of nitrogens with one attached hydrogen (secondary N) is 1. The van der Waals surface area contributed by atoms with E-state index in [1.807, 2.05) is 24.3 Å². The van der Waals surface area contributed by atoms with Crippen molar-refractivity contribution in [3.8, 4) is 0 Å². The monoisotopic (exact) mass is 285 g/mol. The standard InChI is InChI=1S/C15H19N5O/c1-9(2)10(8-16)15-19-14(20-21-15)7-13-17-11-5-3-4-6-12(11)18-13/h3-6,9-10H,7-8,16H2,1-2H3,(H,17,18). The van der Waals surface area contributed by atoms with Crippen molar-refractivity contribution < 1.29 is 4.52 Å². The first kappa shape index (κ1) is 13.8. The Labute approximate surface area is 122 Å². The Morgan fingerprint density at radius 2 is 2.05 bits per heavy atom. The lowest BCUT2D eigenvalue weighted by Gasteiger charge is -2.13. The molecule has 6 nitrogen and oxygen atoms in total. The van der Waals surface area contributed by atoms with E-state index < -0.39 is 0 Å². The van der Waals surface area contributed by atoms with Gasteiger partial charge in [-0.2, -0.15) is 4.98 Å². The van der Waals surface area contributed by atoms with Crippen LogP contribution in [0.25, 0.3) is 11.0 Å². The van der Waals surface area contributed by atoms with Gasteiger partial charge in [-0.3, -0.25) is 0 Å². The van der Waals surface area contributed by atoms with Crippen LogP contribution in [0.5, 0.6) is 0 Å². The third-order valence-electron chi connectivity index (χ3n) is 3.62. The number of rotatable bonds is 5. The zero-order chi connectivity index (χ0) is 14.8. The van der Waals surface area contributed by atoms with Gasteiger partial charge in [-0.05, 0) is 18.1 Å². The normalized spacial score (nSPS) is 13.1. The number of hydrogen-bond acceptors (Lipinski definition) is 5. The highest BCUT2D eigenvalue weighted by Crippen LogP contribution is 2.22. The van der Waals surface area contributed by atoms with Crippen LogP contribution in [0, 0.1) is 5.92 Å². The molecule has 0 aliphatic carbocycles. The van der Waals surface area contributed by atoms with Crippen molar-refractivity contribution in [2.75, 3.05) is 6.54 Å². The molecular weight excluding hydrogens is 266 g/mol. The highest BCUT2D eigenvalue weighted by molar-refractivity contribution is 5.74. The summed E-state index contributed by atoms with van der Waals surface area (Å²) in [6.07, 6.45) is 0.521. The van der Waals surface area contributed by atoms with E-state index in [4.69, 9.17) is 10.3 Å². The van der Waals surface area contributed by atoms with Crippen LogP contribution in [0.2, 0.25) is 0 Å². The number of aromatic nitrogens is 4. The van der Waals surface area contributed by atoms with Gasteiger partial charge in [0.05, 0.1) is 23.4 Å². The van der Waals surface area contributed by atoms with Crippen LogP contribution >= 0.6 is 0 Å². The minimum atomic E-state index is 0.0990. The molecule has 3 aromatic rings. The highest BCUT2D eigenvalue weighted by atomic mass is 16.5. The van der Waals surface area contributed by atoms with E-state index in [-0.39, 0.29) is 5.92 Å². The molecule has 0 saturated carbocycles. The number of fused-ring (bicyclic) bond motifs is 1. The van der Waals surface area contributed by atoms with Gasteiger partial charge < -0.3 is 15.2 Å². The maximum atomic E-state index is 5.77. The number of hydrogen-bond donors (Lipinski definition) is 2. The molecule has 3 rings (SSSR count). The maximum absolute atomic E-state index is 5.77. The molecule has 2 aromatic heterocycles. The number of H-pyrrole nitrogens is 1. The molecule has 2 heterocycles. The first-order valence-electron chi connectivity index (χ1n) is 7.13. The lowest BCUT2D eigenvalue weighted by atomic mass is 9.96. The Morgan fingerprint density at radius 3 is 2.76 bits per heavy atom. The summed E-state index contributed by atoms with van der Waals surface area (Å²) in [4.78, 5) is 12.2. The van der Waals surface area contributed by atoms with E-state index in [1.165, 1.54) is 0 Å². The number of para-hydroxylation sites is 2. The van der Waals surface area contributed by atoms with Crippen molar-refractivity contribution in [2.24, 2.45) is 11.7 Å². The van der Waals surface area contributed by atoms with Crippen LogP contribution in [0.15, 0.2) is 28.8 Å². The summed E-state index contributed by atoms with van der Waals surface area (Å²) in [6, 6.07) is 7.91. The van der Waals surface area contributed by atoms with E-state index in [1.54, 1.807) is 0 Å². The van der Waals surface area contributed by atoms with Crippen LogP contribution < -0.4 is 5.73 Å². The molecule has 0 radical (unpaired) electrons. The second-order valence-electron chi connectivity index (χ2n) is 5.51. The summed E-state index contributed by atoms with van der Waals surface area (Å²) >= 11 is 0. The Kier molecular flexibility index (Phi) is 3.70. The van der Waals surface area contributed by atoms with Gasteiger partial charge in [0.15, 0.2) is 5.82 Å². The fourth-order valence-corrected chi connectivity index (χ4v) is 2.39. The number of nitrogens with zero attached hydrogens (tertiary/aromatic N) is 3. The third-order valence-corrected chi connectivity index (χ3v) is 3.62. The summed E-state index contributed by atoms with van der Waals surface area (Å²) in [5, 5.41) is 4.03.